The van der Waals surface area contributed by atoms with E-state index in [4.69, 9.17) is 9.15 Å². The maximum atomic E-state index is 13.2. The number of hydrogen-bond acceptors (Lipinski definition) is 7. The molecule has 3 aromatic heterocycles. The van der Waals surface area contributed by atoms with Gasteiger partial charge in [0.15, 0.2) is 5.82 Å². The van der Waals surface area contributed by atoms with Gasteiger partial charge in [-0.05, 0) is 65.4 Å². The van der Waals surface area contributed by atoms with Crippen molar-refractivity contribution in [2.45, 2.75) is 77.0 Å². The Kier molecular flexibility index (Phi) is 7.46. The van der Waals surface area contributed by atoms with Gasteiger partial charge in [-0.3, -0.25) is 9.69 Å². The maximum absolute atomic E-state index is 13.2. The number of nitrogens with zero attached hydrogens (tertiary/aromatic N) is 5. The first-order valence-electron chi connectivity index (χ1n) is 12.9. The molecule has 9 nitrogen and oxygen atoms in total. The lowest BCUT2D eigenvalue weighted by Gasteiger charge is -2.32. The Balaban J connectivity index is 1.51. The molecule has 36 heavy (non-hydrogen) atoms. The molecule has 1 N–H and O–H groups in total. The van der Waals surface area contributed by atoms with E-state index in [1.807, 2.05) is 41.1 Å². The average molecular weight is 491 g/mol. The van der Waals surface area contributed by atoms with Gasteiger partial charge in [-0.2, -0.15) is 0 Å². The quantitative estimate of drug-likeness (QED) is 0.327. The normalized spacial score (nSPS) is 15.5. The second-order valence-corrected chi connectivity index (χ2v) is 9.64. The van der Waals surface area contributed by atoms with Gasteiger partial charge in [-0.25, -0.2) is 4.68 Å². The Morgan fingerprint density at radius 2 is 2.06 bits per heavy atom. The number of hydrogen-bond donors (Lipinski definition) is 1. The van der Waals surface area contributed by atoms with Crippen LogP contribution < -0.4 is 10.3 Å². The summed E-state index contributed by atoms with van der Waals surface area (Å²) in [5, 5.41) is 14.0. The van der Waals surface area contributed by atoms with Crippen molar-refractivity contribution >= 4 is 10.9 Å². The van der Waals surface area contributed by atoms with E-state index in [1.54, 1.807) is 13.4 Å². The van der Waals surface area contributed by atoms with Crippen LogP contribution in [0.5, 0.6) is 5.75 Å². The Hall–Kier alpha value is -3.46. The summed E-state index contributed by atoms with van der Waals surface area (Å²) in [5.41, 5.74) is 1.34. The molecule has 3 heterocycles. The smallest absolute Gasteiger partial charge is 0.252 e. The lowest BCUT2D eigenvalue weighted by molar-refractivity contribution is 0.139. The highest BCUT2D eigenvalue weighted by Crippen LogP contribution is 2.33. The van der Waals surface area contributed by atoms with Crippen LogP contribution in [0.15, 0.2) is 51.9 Å². The van der Waals surface area contributed by atoms with Crippen molar-refractivity contribution in [2.24, 2.45) is 0 Å². The van der Waals surface area contributed by atoms with E-state index in [1.165, 1.54) is 19.3 Å². The molecule has 0 amide bonds. The summed E-state index contributed by atoms with van der Waals surface area (Å²) in [4.78, 5) is 18.5. The number of ether oxygens (including phenoxy) is 1. The molecule has 1 aromatic carbocycles. The number of fused-ring (bicyclic) bond motifs is 1. The van der Waals surface area contributed by atoms with Crippen molar-refractivity contribution in [3.05, 3.63) is 70.2 Å². The van der Waals surface area contributed by atoms with Crippen LogP contribution >= 0.6 is 0 Å². The first-order valence-corrected chi connectivity index (χ1v) is 12.9. The van der Waals surface area contributed by atoms with Gasteiger partial charge in [0.25, 0.3) is 5.56 Å². The summed E-state index contributed by atoms with van der Waals surface area (Å²) in [6.07, 6.45) is 9.40. The van der Waals surface area contributed by atoms with Gasteiger partial charge in [0, 0.05) is 18.2 Å². The number of nitrogens with one attached hydrogen (secondary N) is 1. The molecule has 1 atom stereocenters. The molecule has 4 aromatic rings. The van der Waals surface area contributed by atoms with E-state index < -0.39 is 0 Å². The highest BCUT2D eigenvalue weighted by Gasteiger charge is 2.30. The van der Waals surface area contributed by atoms with E-state index >= 15 is 0 Å². The molecular weight excluding hydrogens is 456 g/mol. The third-order valence-electron chi connectivity index (χ3n) is 7.18. The predicted molar refractivity (Wildman–Crippen MR) is 137 cm³/mol. The van der Waals surface area contributed by atoms with Gasteiger partial charge in [0.2, 0.25) is 0 Å². The third-order valence-corrected chi connectivity index (χ3v) is 7.18. The molecule has 190 valence electrons. The van der Waals surface area contributed by atoms with E-state index in [9.17, 15) is 4.79 Å². The Morgan fingerprint density at radius 1 is 1.19 bits per heavy atom. The summed E-state index contributed by atoms with van der Waals surface area (Å²) in [7, 11) is 1.62. The van der Waals surface area contributed by atoms with E-state index in [2.05, 4.69) is 32.3 Å². The molecule has 1 fully saturated rings. The van der Waals surface area contributed by atoms with E-state index in [-0.39, 0.29) is 11.6 Å². The lowest BCUT2D eigenvalue weighted by atomic mass is 9.95. The van der Waals surface area contributed by atoms with Gasteiger partial charge in [0.1, 0.15) is 11.5 Å². The molecule has 0 saturated heterocycles. The van der Waals surface area contributed by atoms with E-state index in [0.717, 1.165) is 48.2 Å². The fourth-order valence-corrected chi connectivity index (χ4v) is 5.32. The molecule has 9 heteroatoms. The van der Waals surface area contributed by atoms with Gasteiger partial charge in [0.05, 0.1) is 37.5 Å². The summed E-state index contributed by atoms with van der Waals surface area (Å²) >= 11 is 0. The maximum Gasteiger partial charge on any atom is 0.252 e. The van der Waals surface area contributed by atoms with Crippen molar-refractivity contribution in [1.82, 2.24) is 30.1 Å². The molecule has 0 bridgehead atoms. The number of benzene rings is 1. The molecule has 0 spiro atoms. The molecule has 0 radical (unpaired) electrons. The first-order chi connectivity index (χ1) is 17.7. The summed E-state index contributed by atoms with van der Waals surface area (Å²) < 4.78 is 13.1. The van der Waals surface area contributed by atoms with Gasteiger partial charge < -0.3 is 14.1 Å². The van der Waals surface area contributed by atoms with Crippen LogP contribution in [0.1, 0.15) is 81.1 Å². The molecule has 1 aliphatic rings. The van der Waals surface area contributed by atoms with Gasteiger partial charge >= 0.3 is 0 Å². The zero-order valence-corrected chi connectivity index (χ0v) is 21.0. The fraction of sp³-hybridized carbons (Fsp3) is 0.481. The van der Waals surface area contributed by atoms with Crippen LogP contribution in [0, 0.1) is 0 Å². The summed E-state index contributed by atoms with van der Waals surface area (Å²) in [6, 6.07) is 11.8. The van der Waals surface area contributed by atoms with Crippen LogP contribution in [-0.4, -0.2) is 37.2 Å². The zero-order chi connectivity index (χ0) is 24.9. The number of tetrazole rings is 1. The molecule has 1 saturated carbocycles. The minimum atomic E-state index is -0.109. The number of aromatic nitrogens is 5. The largest absolute Gasteiger partial charge is 0.497 e. The lowest BCUT2D eigenvalue weighted by Crippen LogP contribution is -2.33. The Morgan fingerprint density at radius 3 is 2.81 bits per heavy atom. The van der Waals surface area contributed by atoms with E-state index in [0.29, 0.717) is 30.4 Å². The second kappa shape index (κ2) is 11.1. The topological polar surface area (TPSA) is 102 Å². The molecule has 5 rings (SSSR count). The van der Waals surface area contributed by atoms with Gasteiger partial charge in [-0.15, -0.1) is 5.10 Å². The minimum Gasteiger partial charge on any atom is -0.497 e. The number of methoxy groups -OCH3 is 1. The number of furan rings is 1. The van der Waals surface area contributed by atoms with Crippen LogP contribution in [-0.2, 0) is 13.1 Å². The number of rotatable bonds is 10. The molecule has 0 aliphatic heterocycles. The molecular formula is C27H34N6O3. The SMILES string of the molecule is CCC[C@H](c1nnnn1C1CCCCC1)N(Cc1ccco1)Cc1cc2ccc(OC)cc2[nH]c1=O. The average Bonchev–Trinajstić information content (AvgIpc) is 3.60. The Bertz CT molecular complexity index is 1320. The molecule has 0 unspecified atom stereocenters. The standard InChI is InChI=1S/C27H34N6O3/c1-3-8-25(26-29-30-31-33(26)21-9-5-4-6-10-21)32(18-23-11-7-14-36-23)17-20-15-19-12-13-22(35-2)16-24(19)28-27(20)34/h7,11-16,21,25H,3-6,8-10,17-18H2,1-2H3,(H,28,34)/t25-/m1/s1. The minimum absolute atomic E-state index is 0.0528. The zero-order valence-electron chi connectivity index (χ0n) is 21.0. The highest BCUT2D eigenvalue weighted by atomic mass is 16.5. The number of H-pyrrole nitrogens is 1. The Labute approximate surface area is 210 Å². The summed E-state index contributed by atoms with van der Waals surface area (Å²) in [5.74, 6) is 2.43. The number of pyridine rings is 1. The highest BCUT2D eigenvalue weighted by molar-refractivity contribution is 5.80. The first kappa shape index (κ1) is 24.2. The van der Waals surface area contributed by atoms with Crippen molar-refractivity contribution in [1.29, 1.82) is 0 Å². The van der Waals surface area contributed by atoms with Crippen molar-refractivity contribution < 1.29 is 9.15 Å². The fourth-order valence-electron chi connectivity index (χ4n) is 5.32. The van der Waals surface area contributed by atoms with Crippen LogP contribution in [0.4, 0.5) is 0 Å². The van der Waals surface area contributed by atoms with Crippen molar-refractivity contribution in [2.75, 3.05) is 7.11 Å². The van der Waals surface area contributed by atoms with Crippen LogP contribution in [0.2, 0.25) is 0 Å². The predicted octanol–water partition coefficient (Wildman–Crippen LogP) is 5.17. The molecule has 1 aliphatic carbocycles. The van der Waals surface area contributed by atoms with Crippen molar-refractivity contribution in [3.8, 4) is 5.75 Å². The number of aromatic amines is 1. The van der Waals surface area contributed by atoms with Gasteiger partial charge in [-0.1, -0.05) is 32.6 Å². The van der Waals surface area contributed by atoms with Crippen LogP contribution in [0.3, 0.4) is 0 Å². The third kappa shape index (κ3) is 5.21. The summed E-state index contributed by atoms with van der Waals surface area (Å²) in [6.45, 7) is 3.17. The monoisotopic (exact) mass is 490 g/mol. The second-order valence-electron chi connectivity index (χ2n) is 9.64. The van der Waals surface area contributed by atoms with Crippen molar-refractivity contribution in [3.63, 3.8) is 0 Å². The van der Waals surface area contributed by atoms with Crippen LogP contribution in [0.25, 0.3) is 10.9 Å².